The third kappa shape index (κ3) is 3.37. The number of sulfone groups is 1. The van der Waals surface area contributed by atoms with Gasteiger partial charge in [0.2, 0.25) is 5.89 Å². The van der Waals surface area contributed by atoms with E-state index in [1.54, 1.807) is 0 Å². The molecule has 5 nitrogen and oxygen atoms in total. The van der Waals surface area contributed by atoms with Gasteiger partial charge in [0.15, 0.2) is 15.7 Å². The molecule has 0 bridgehead atoms. The van der Waals surface area contributed by atoms with Gasteiger partial charge in [-0.15, -0.1) is 0 Å². The molecule has 0 aliphatic heterocycles. The Bertz CT molecular complexity index is 650. The SMILES string of the molecule is CCCc1noc(CS(=O)(=O)c2ccc(F)cc2)n1. The van der Waals surface area contributed by atoms with Crippen molar-refractivity contribution in [2.24, 2.45) is 0 Å². The molecular formula is C12H13FN2O3S. The van der Waals surface area contributed by atoms with Crippen LogP contribution >= 0.6 is 0 Å². The van der Waals surface area contributed by atoms with Crippen molar-refractivity contribution in [2.45, 2.75) is 30.4 Å². The summed E-state index contributed by atoms with van der Waals surface area (Å²) in [6.45, 7) is 1.96. The lowest BCUT2D eigenvalue weighted by molar-refractivity contribution is 0.382. The van der Waals surface area contributed by atoms with Gasteiger partial charge in [0.05, 0.1) is 4.90 Å². The summed E-state index contributed by atoms with van der Waals surface area (Å²) in [7, 11) is -3.59. The van der Waals surface area contributed by atoms with Crippen molar-refractivity contribution in [1.29, 1.82) is 0 Å². The summed E-state index contributed by atoms with van der Waals surface area (Å²) in [5, 5.41) is 3.69. The van der Waals surface area contributed by atoms with Crippen LogP contribution in [0.3, 0.4) is 0 Å². The van der Waals surface area contributed by atoms with E-state index in [2.05, 4.69) is 10.1 Å². The molecule has 2 rings (SSSR count). The van der Waals surface area contributed by atoms with Crippen LogP contribution in [0.2, 0.25) is 0 Å². The van der Waals surface area contributed by atoms with Crippen molar-refractivity contribution in [2.75, 3.05) is 0 Å². The van der Waals surface area contributed by atoms with Crippen LogP contribution < -0.4 is 0 Å². The topological polar surface area (TPSA) is 73.1 Å². The molecule has 0 aliphatic carbocycles. The molecule has 7 heteroatoms. The van der Waals surface area contributed by atoms with Crippen LogP contribution in [-0.2, 0) is 22.0 Å². The molecule has 19 heavy (non-hydrogen) atoms. The number of aryl methyl sites for hydroxylation is 1. The van der Waals surface area contributed by atoms with Gasteiger partial charge >= 0.3 is 0 Å². The molecule has 1 heterocycles. The molecular weight excluding hydrogens is 271 g/mol. The third-order valence-corrected chi connectivity index (χ3v) is 4.09. The highest BCUT2D eigenvalue weighted by Crippen LogP contribution is 2.16. The van der Waals surface area contributed by atoms with Gasteiger partial charge in [0, 0.05) is 6.42 Å². The molecule has 0 aliphatic rings. The molecule has 0 unspecified atom stereocenters. The average molecular weight is 284 g/mol. The summed E-state index contributed by atoms with van der Waals surface area (Å²) in [6, 6.07) is 4.63. The van der Waals surface area contributed by atoms with E-state index in [0.29, 0.717) is 12.2 Å². The van der Waals surface area contributed by atoms with Crippen LogP contribution in [-0.4, -0.2) is 18.6 Å². The quantitative estimate of drug-likeness (QED) is 0.786. The van der Waals surface area contributed by atoms with Crippen LogP contribution in [0.25, 0.3) is 0 Å². The second-order valence-electron chi connectivity index (χ2n) is 4.07. The molecule has 102 valence electrons. The van der Waals surface area contributed by atoms with E-state index in [4.69, 9.17) is 4.52 Å². The molecule has 1 aromatic heterocycles. The Morgan fingerprint density at radius 2 is 1.95 bits per heavy atom. The largest absolute Gasteiger partial charge is 0.338 e. The fourth-order valence-corrected chi connectivity index (χ4v) is 2.72. The van der Waals surface area contributed by atoms with Crippen molar-refractivity contribution in [1.82, 2.24) is 10.1 Å². The molecule has 0 fully saturated rings. The number of hydrogen-bond donors (Lipinski definition) is 0. The molecule has 1 aromatic carbocycles. The second-order valence-corrected chi connectivity index (χ2v) is 6.06. The molecule has 0 saturated heterocycles. The molecule has 0 amide bonds. The number of nitrogens with zero attached hydrogens (tertiary/aromatic N) is 2. The molecule has 2 aromatic rings. The minimum atomic E-state index is -3.59. The minimum Gasteiger partial charge on any atom is -0.338 e. The monoisotopic (exact) mass is 284 g/mol. The first-order chi connectivity index (χ1) is 9.01. The predicted octanol–water partition coefficient (Wildman–Crippen LogP) is 2.14. The predicted molar refractivity (Wildman–Crippen MR) is 65.6 cm³/mol. The fraction of sp³-hybridized carbons (Fsp3) is 0.333. The maximum absolute atomic E-state index is 12.8. The highest BCUT2D eigenvalue weighted by Gasteiger charge is 2.19. The van der Waals surface area contributed by atoms with Crippen molar-refractivity contribution < 1.29 is 17.3 Å². The molecule has 0 spiro atoms. The summed E-state index contributed by atoms with van der Waals surface area (Å²) >= 11 is 0. The first kappa shape index (κ1) is 13.7. The zero-order chi connectivity index (χ0) is 13.9. The fourth-order valence-electron chi connectivity index (χ4n) is 1.56. The van der Waals surface area contributed by atoms with Crippen LogP contribution in [0.4, 0.5) is 4.39 Å². The van der Waals surface area contributed by atoms with E-state index >= 15 is 0 Å². The number of aromatic nitrogens is 2. The van der Waals surface area contributed by atoms with Gasteiger partial charge in [0.25, 0.3) is 0 Å². The first-order valence-electron chi connectivity index (χ1n) is 5.81. The van der Waals surface area contributed by atoms with Gasteiger partial charge in [-0.25, -0.2) is 12.8 Å². The molecule has 0 radical (unpaired) electrons. The molecule has 0 N–H and O–H groups in total. The van der Waals surface area contributed by atoms with E-state index in [1.165, 1.54) is 12.1 Å². The molecule has 0 atom stereocenters. The standard InChI is InChI=1S/C12H13FN2O3S/c1-2-3-11-14-12(18-15-11)8-19(16,17)10-6-4-9(13)5-7-10/h4-7H,2-3,8H2,1H3. The van der Waals surface area contributed by atoms with Gasteiger partial charge in [-0.1, -0.05) is 12.1 Å². The zero-order valence-electron chi connectivity index (χ0n) is 10.3. The van der Waals surface area contributed by atoms with E-state index < -0.39 is 15.7 Å². The van der Waals surface area contributed by atoms with Crippen LogP contribution in [0, 0.1) is 5.82 Å². The van der Waals surface area contributed by atoms with Crippen molar-refractivity contribution in [3.8, 4) is 0 Å². The van der Waals surface area contributed by atoms with Gasteiger partial charge < -0.3 is 4.52 Å². The number of rotatable bonds is 5. The Morgan fingerprint density at radius 3 is 2.58 bits per heavy atom. The van der Waals surface area contributed by atoms with E-state index in [0.717, 1.165) is 18.6 Å². The molecule has 0 saturated carbocycles. The van der Waals surface area contributed by atoms with E-state index in [-0.39, 0.29) is 16.5 Å². The zero-order valence-corrected chi connectivity index (χ0v) is 11.2. The Hall–Kier alpha value is -1.76. The summed E-state index contributed by atoms with van der Waals surface area (Å²) in [6.07, 6.45) is 1.49. The summed E-state index contributed by atoms with van der Waals surface area (Å²) in [4.78, 5) is 4.03. The normalized spacial score (nSPS) is 11.7. The lowest BCUT2D eigenvalue weighted by atomic mass is 10.3. The maximum Gasteiger partial charge on any atom is 0.242 e. The van der Waals surface area contributed by atoms with Crippen molar-refractivity contribution >= 4 is 9.84 Å². The third-order valence-electron chi connectivity index (χ3n) is 2.47. The Kier molecular flexibility index (Phi) is 3.94. The Morgan fingerprint density at radius 1 is 1.26 bits per heavy atom. The Labute approximate surface area is 110 Å². The first-order valence-corrected chi connectivity index (χ1v) is 7.46. The highest BCUT2D eigenvalue weighted by molar-refractivity contribution is 7.90. The summed E-state index contributed by atoms with van der Waals surface area (Å²) in [5.41, 5.74) is 0. The summed E-state index contributed by atoms with van der Waals surface area (Å²) < 4.78 is 41.7. The lowest BCUT2D eigenvalue weighted by Gasteiger charge is -2.00. The highest BCUT2D eigenvalue weighted by atomic mass is 32.2. The van der Waals surface area contributed by atoms with Gasteiger partial charge in [0.1, 0.15) is 11.6 Å². The van der Waals surface area contributed by atoms with Crippen LogP contribution in [0.15, 0.2) is 33.7 Å². The summed E-state index contributed by atoms with van der Waals surface area (Å²) in [5.74, 6) is -0.323. The lowest BCUT2D eigenvalue weighted by Crippen LogP contribution is -2.05. The van der Waals surface area contributed by atoms with Gasteiger partial charge in [-0.05, 0) is 30.7 Å². The van der Waals surface area contributed by atoms with E-state index in [1.807, 2.05) is 6.92 Å². The second kappa shape index (κ2) is 5.48. The maximum atomic E-state index is 12.8. The van der Waals surface area contributed by atoms with Gasteiger partial charge in [-0.2, -0.15) is 4.98 Å². The minimum absolute atomic E-state index is 0.0316. The Balaban J connectivity index is 2.18. The van der Waals surface area contributed by atoms with Crippen LogP contribution in [0.5, 0.6) is 0 Å². The number of halogens is 1. The number of hydrogen-bond acceptors (Lipinski definition) is 5. The smallest absolute Gasteiger partial charge is 0.242 e. The van der Waals surface area contributed by atoms with Crippen molar-refractivity contribution in [3.05, 3.63) is 41.8 Å². The van der Waals surface area contributed by atoms with Crippen molar-refractivity contribution in [3.63, 3.8) is 0 Å². The van der Waals surface area contributed by atoms with Crippen LogP contribution in [0.1, 0.15) is 25.1 Å². The number of benzene rings is 1. The average Bonchev–Trinajstić information content (AvgIpc) is 2.77. The van der Waals surface area contributed by atoms with E-state index in [9.17, 15) is 12.8 Å². The van der Waals surface area contributed by atoms with Gasteiger partial charge in [-0.3, -0.25) is 0 Å².